The molecule has 5 nitrogen and oxygen atoms in total. The molecule has 1 N–H and O–H groups in total. The van der Waals surface area contributed by atoms with Gasteiger partial charge in [0.2, 0.25) is 0 Å². The maximum atomic E-state index is 12.4. The molecular formula is C5H9F2NO4. The molecule has 2 unspecified atom stereocenters. The van der Waals surface area contributed by atoms with Crippen LogP contribution < -0.4 is 0 Å². The Kier molecular flexibility index (Phi) is 3.47. The quantitative estimate of drug-likeness (QED) is 0.395. The van der Waals surface area contributed by atoms with Crippen molar-refractivity contribution in [1.29, 1.82) is 0 Å². The molecule has 0 aromatic carbocycles. The highest BCUT2D eigenvalue weighted by molar-refractivity contribution is 4.60. The van der Waals surface area contributed by atoms with Crippen molar-refractivity contribution >= 4 is 0 Å². The Bertz CT molecular complexity index is 173. The van der Waals surface area contributed by atoms with Crippen LogP contribution in [0.2, 0.25) is 0 Å². The first-order valence-electron chi connectivity index (χ1n) is 3.14. The number of nitrogens with zero attached hydrogens (tertiary/aromatic N) is 1. The van der Waals surface area contributed by atoms with Crippen LogP contribution in [0, 0.1) is 10.1 Å². The highest BCUT2D eigenvalue weighted by atomic mass is 19.3. The third-order valence-electron chi connectivity index (χ3n) is 1.11. The van der Waals surface area contributed by atoms with Gasteiger partial charge in [0.05, 0.1) is 4.92 Å². The zero-order valence-corrected chi connectivity index (χ0v) is 6.53. The van der Waals surface area contributed by atoms with Crippen LogP contribution >= 0.6 is 0 Å². The molecule has 72 valence electrons. The van der Waals surface area contributed by atoms with E-state index in [0.29, 0.717) is 0 Å². The van der Waals surface area contributed by atoms with Gasteiger partial charge >= 0.3 is 12.3 Å². The first-order valence-corrected chi connectivity index (χ1v) is 3.14. The summed E-state index contributed by atoms with van der Waals surface area (Å²) < 4.78 is 28.4. The molecular weight excluding hydrogens is 176 g/mol. The van der Waals surface area contributed by atoms with Crippen molar-refractivity contribution in [2.24, 2.45) is 0 Å². The van der Waals surface area contributed by atoms with E-state index in [4.69, 9.17) is 5.11 Å². The molecule has 0 aromatic rings. The van der Waals surface area contributed by atoms with Gasteiger partial charge in [-0.1, -0.05) is 0 Å². The molecule has 0 spiro atoms. The molecule has 0 rings (SSSR count). The lowest BCUT2D eigenvalue weighted by molar-refractivity contribution is -0.595. The number of alkyl halides is 2. The summed E-state index contributed by atoms with van der Waals surface area (Å²) >= 11 is 0. The molecule has 0 aliphatic carbocycles. The van der Waals surface area contributed by atoms with Gasteiger partial charge < -0.3 is 5.11 Å². The monoisotopic (exact) mass is 185 g/mol. The van der Waals surface area contributed by atoms with E-state index in [1.54, 1.807) is 0 Å². The zero-order chi connectivity index (χ0) is 9.94. The van der Waals surface area contributed by atoms with Gasteiger partial charge in [0.15, 0.2) is 0 Å². The van der Waals surface area contributed by atoms with E-state index >= 15 is 0 Å². The van der Waals surface area contributed by atoms with Crippen molar-refractivity contribution in [1.82, 2.24) is 0 Å². The number of hydrogen-bond acceptors (Lipinski definition) is 4. The first kappa shape index (κ1) is 11.2. The number of rotatable bonds is 4. The van der Waals surface area contributed by atoms with E-state index in [0.717, 1.165) is 13.8 Å². The number of aliphatic hydroxyl groups is 1. The SMILES string of the molecule is CC(OC(F)(F)C(C)O)[N+](=O)[O-]. The summed E-state index contributed by atoms with van der Waals surface area (Å²) in [6, 6.07) is 0. The summed E-state index contributed by atoms with van der Waals surface area (Å²) in [5.74, 6) is 0. The van der Waals surface area contributed by atoms with Crippen LogP contribution in [0.3, 0.4) is 0 Å². The van der Waals surface area contributed by atoms with E-state index in [-0.39, 0.29) is 0 Å². The molecule has 7 heteroatoms. The second-order valence-corrected chi connectivity index (χ2v) is 2.24. The largest absolute Gasteiger partial charge is 0.386 e. The van der Waals surface area contributed by atoms with Crippen molar-refractivity contribution in [3.8, 4) is 0 Å². The Labute approximate surface area is 67.1 Å². The number of hydrogen-bond donors (Lipinski definition) is 1. The van der Waals surface area contributed by atoms with Gasteiger partial charge in [-0.2, -0.15) is 8.78 Å². The van der Waals surface area contributed by atoms with Gasteiger partial charge in [-0.05, 0) is 6.92 Å². The Balaban J connectivity index is 4.15. The summed E-state index contributed by atoms with van der Waals surface area (Å²) in [6.07, 6.45) is -7.79. The lowest BCUT2D eigenvalue weighted by Crippen LogP contribution is -2.39. The molecule has 12 heavy (non-hydrogen) atoms. The minimum Gasteiger partial charge on any atom is -0.384 e. The molecule has 2 atom stereocenters. The third-order valence-corrected chi connectivity index (χ3v) is 1.11. The smallest absolute Gasteiger partial charge is 0.384 e. The summed E-state index contributed by atoms with van der Waals surface area (Å²) in [5.41, 5.74) is 0. The molecule has 0 aromatic heterocycles. The average Bonchev–Trinajstić information content (AvgIpc) is 1.85. The van der Waals surface area contributed by atoms with Crippen LogP contribution in [0.1, 0.15) is 13.8 Å². The molecule has 0 amide bonds. The second-order valence-electron chi connectivity index (χ2n) is 2.24. The second kappa shape index (κ2) is 3.72. The van der Waals surface area contributed by atoms with Crippen molar-refractivity contribution in [2.75, 3.05) is 0 Å². The summed E-state index contributed by atoms with van der Waals surface area (Å²) in [6.45, 7) is 1.64. The molecule has 0 radical (unpaired) electrons. The van der Waals surface area contributed by atoms with Crippen LogP contribution in [0.4, 0.5) is 8.78 Å². The standard InChI is InChI=1S/C5H9F2NO4/c1-3(9)5(6,7)12-4(2)8(10)11/h3-4,9H,1-2H3. The predicted molar refractivity (Wildman–Crippen MR) is 34.2 cm³/mol. The minimum absolute atomic E-state index is 0.784. The number of halogens is 2. The Morgan fingerprint density at radius 2 is 2.00 bits per heavy atom. The lowest BCUT2D eigenvalue weighted by Gasteiger charge is -2.19. The predicted octanol–water partition coefficient (Wildman–Crippen LogP) is 0.599. The fourth-order valence-electron chi connectivity index (χ4n) is 0.369. The Hall–Kier alpha value is -0.820. The third kappa shape index (κ3) is 3.05. The van der Waals surface area contributed by atoms with E-state index < -0.39 is 23.4 Å². The molecule has 0 aliphatic rings. The Morgan fingerprint density at radius 1 is 1.58 bits per heavy atom. The molecule has 0 saturated heterocycles. The topological polar surface area (TPSA) is 72.6 Å². The lowest BCUT2D eigenvalue weighted by atomic mass is 10.4. The molecule has 0 saturated carbocycles. The summed E-state index contributed by atoms with van der Waals surface area (Å²) in [4.78, 5) is 8.85. The van der Waals surface area contributed by atoms with Gasteiger partial charge in [-0.15, -0.1) is 0 Å². The van der Waals surface area contributed by atoms with Crippen LogP contribution in [-0.4, -0.2) is 28.5 Å². The maximum absolute atomic E-state index is 12.4. The van der Waals surface area contributed by atoms with E-state index in [1.807, 2.05) is 0 Å². The maximum Gasteiger partial charge on any atom is 0.386 e. The number of ether oxygens (including phenoxy) is 1. The van der Waals surface area contributed by atoms with Gasteiger partial charge in [0.25, 0.3) is 0 Å². The number of aliphatic hydroxyl groups excluding tert-OH is 1. The fraction of sp³-hybridized carbons (Fsp3) is 1.00. The van der Waals surface area contributed by atoms with Crippen molar-refractivity contribution in [3.05, 3.63) is 10.1 Å². The molecule has 0 aliphatic heterocycles. The first-order chi connectivity index (χ1) is 5.27. The van der Waals surface area contributed by atoms with E-state index in [1.165, 1.54) is 0 Å². The van der Waals surface area contributed by atoms with Gasteiger partial charge in [0.1, 0.15) is 6.10 Å². The van der Waals surface area contributed by atoms with E-state index in [2.05, 4.69) is 4.74 Å². The van der Waals surface area contributed by atoms with Crippen molar-refractivity contribution in [2.45, 2.75) is 32.3 Å². The minimum atomic E-state index is -3.88. The van der Waals surface area contributed by atoms with Gasteiger partial charge in [-0.3, -0.25) is 10.1 Å². The van der Waals surface area contributed by atoms with Crippen molar-refractivity contribution < 1.29 is 23.5 Å². The summed E-state index contributed by atoms with van der Waals surface area (Å²) in [7, 11) is 0. The molecule has 0 bridgehead atoms. The van der Waals surface area contributed by atoms with Crippen molar-refractivity contribution in [3.63, 3.8) is 0 Å². The van der Waals surface area contributed by atoms with Gasteiger partial charge in [-0.25, -0.2) is 4.74 Å². The normalized spacial score (nSPS) is 17.1. The highest BCUT2D eigenvalue weighted by Crippen LogP contribution is 2.21. The van der Waals surface area contributed by atoms with E-state index in [9.17, 15) is 18.9 Å². The molecule has 0 fully saturated rings. The molecule has 0 heterocycles. The van der Waals surface area contributed by atoms with Crippen LogP contribution in [0.5, 0.6) is 0 Å². The summed E-state index contributed by atoms with van der Waals surface area (Å²) in [5, 5.41) is 18.3. The fourth-order valence-corrected chi connectivity index (χ4v) is 0.369. The Morgan fingerprint density at radius 3 is 2.25 bits per heavy atom. The number of nitro groups is 1. The van der Waals surface area contributed by atoms with Gasteiger partial charge in [0, 0.05) is 6.92 Å². The van der Waals surface area contributed by atoms with Crippen LogP contribution in [-0.2, 0) is 4.74 Å². The zero-order valence-electron chi connectivity index (χ0n) is 6.53. The van der Waals surface area contributed by atoms with Crippen LogP contribution in [0.15, 0.2) is 0 Å². The average molecular weight is 185 g/mol. The van der Waals surface area contributed by atoms with Crippen LogP contribution in [0.25, 0.3) is 0 Å². The highest BCUT2D eigenvalue weighted by Gasteiger charge is 2.41.